The minimum Gasteiger partial charge on any atom is -0.324 e. The average molecular weight is 1010 g/mol. The Morgan fingerprint density at radius 3 is 1.43 bits per heavy atom. The number of hydrogen-bond donors (Lipinski definition) is 5. The Hall–Kier alpha value is -7.99. The summed E-state index contributed by atoms with van der Waals surface area (Å²) in [5.74, 6) is 1.00. The molecule has 2 amide bonds. The first-order valence-electron chi connectivity index (χ1n) is 24.1. The molecule has 8 aromatic rings. The van der Waals surface area contributed by atoms with Gasteiger partial charge in [0.2, 0.25) is 11.9 Å². The summed E-state index contributed by atoms with van der Waals surface area (Å²) < 4.78 is 0. The molecular formula is C57H63ClN14O2. The number of pyridine rings is 2. The number of alkyl halides is 1. The highest BCUT2D eigenvalue weighted by molar-refractivity contribution is 6.17. The summed E-state index contributed by atoms with van der Waals surface area (Å²) in [7, 11) is 4.31. The van der Waals surface area contributed by atoms with Crippen molar-refractivity contribution in [2.24, 2.45) is 0 Å². The fourth-order valence-corrected chi connectivity index (χ4v) is 7.93. The van der Waals surface area contributed by atoms with Gasteiger partial charge in [0.05, 0.1) is 11.4 Å². The smallest absolute Gasteiger partial charge is 0.255 e. The van der Waals surface area contributed by atoms with Crippen molar-refractivity contribution in [2.75, 3.05) is 87.7 Å². The number of carbonyl (C=O) groups is 2. The Morgan fingerprint density at radius 2 is 1.00 bits per heavy atom. The highest BCUT2D eigenvalue weighted by Gasteiger charge is 2.15. The maximum Gasteiger partial charge on any atom is 0.255 e. The van der Waals surface area contributed by atoms with Gasteiger partial charge in [-0.05, 0) is 122 Å². The lowest BCUT2D eigenvalue weighted by Gasteiger charge is -2.32. The molecule has 17 heteroatoms. The summed E-state index contributed by atoms with van der Waals surface area (Å²) in [6.07, 6.45) is 10.4. The molecule has 0 saturated carbocycles. The van der Waals surface area contributed by atoms with Crippen molar-refractivity contribution in [1.82, 2.24) is 49.9 Å². The highest BCUT2D eigenvalue weighted by Crippen LogP contribution is 2.24. The van der Waals surface area contributed by atoms with Gasteiger partial charge >= 0.3 is 0 Å². The molecule has 74 heavy (non-hydrogen) atoms. The third-order valence-corrected chi connectivity index (χ3v) is 12.2. The van der Waals surface area contributed by atoms with Gasteiger partial charge in [-0.3, -0.25) is 24.5 Å². The van der Waals surface area contributed by atoms with Crippen LogP contribution in [0.3, 0.4) is 0 Å². The largest absolute Gasteiger partial charge is 0.324 e. The molecule has 0 radical (unpaired) electrons. The fraction of sp³-hybridized carbons (Fsp3) is 0.228. The van der Waals surface area contributed by atoms with Gasteiger partial charge in [-0.15, -0.1) is 11.6 Å². The number of rotatable bonds is 13. The normalized spacial score (nSPS) is 13.6. The van der Waals surface area contributed by atoms with E-state index in [0.717, 1.165) is 85.3 Å². The molecule has 6 heterocycles. The number of nitrogens with one attached hydrogen (secondary N) is 5. The molecule has 4 aromatic heterocycles. The number of likely N-dealkylation sites (N-methyl/N-ethyl adjacent to an activating group) is 2. The zero-order valence-corrected chi connectivity index (χ0v) is 41.7. The van der Waals surface area contributed by atoms with Crippen LogP contribution in [0, 0.1) is 0 Å². The Bertz CT molecular complexity index is 2990. The van der Waals surface area contributed by atoms with Gasteiger partial charge in [0.25, 0.3) is 11.8 Å². The predicted octanol–water partition coefficient (Wildman–Crippen LogP) is 9.71. The number of anilines is 6. The van der Waals surface area contributed by atoms with Crippen LogP contribution in [0.4, 0.5) is 34.6 Å². The first-order chi connectivity index (χ1) is 35.7. The van der Waals surface area contributed by atoms with Gasteiger partial charge < -0.3 is 36.4 Å². The van der Waals surface area contributed by atoms with Gasteiger partial charge in [0, 0.05) is 147 Å². The topological polar surface area (TPSA) is 181 Å². The maximum atomic E-state index is 12.8. The first kappa shape index (κ1) is 53.8. The van der Waals surface area contributed by atoms with Gasteiger partial charge in [-0.2, -0.15) is 0 Å². The average Bonchev–Trinajstić information content (AvgIpc) is 3.43. The number of nitrogens with zero attached hydrogens (tertiary/aromatic N) is 9. The third-order valence-electron chi connectivity index (χ3n) is 11.9. The second-order valence-corrected chi connectivity index (χ2v) is 17.8. The second-order valence-electron chi connectivity index (χ2n) is 17.5. The summed E-state index contributed by atoms with van der Waals surface area (Å²) >= 11 is 5.80. The van der Waals surface area contributed by atoms with Crippen LogP contribution < -0.4 is 26.6 Å². The zero-order valence-electron chi connectivity index (χ0n) is 41.0. The van der Waals surface area contributed by atoms with Crippen LogP contribution in [0.5, 0.6) is 0 Å². The van der Waals surface area contributed by atoms with Gasteiger partial charge in [-0.1, -0.05) is 43.8 Å². The van der Waals surface area contributed by atoms with Crippen LogP contribution in [0.2, 0.25) is 0 Å². The molecule has 0 unspecified atom stereocenters. The van der Waals surface area contributed by atoms with Gasteiger partial charge in [0.1, 0.15) is 0 Å². The van der Waals surface area contributed by atoms with Crippen LogP contribution in [-0.2, 0) is 12.4 Å². The minimum atomic E-state index is -0.192. The van der Waals surface area contributed by atoms with E-state index < -0.39 is 0 Å². The fourth-order valence-electron chi connectivity index (χ4n) is 7.75. The molecule has 0 atom stereocenters. The van der Waals surface area contributed by atoms with E-state index in [1.807, 2.05) is 121 Å². The molecule has 10 rings (SSSR count). The van der Waals surface area contributed by atoms with E-state index in [2.05, 4.69) is 85.3 Å². The number of halogens is 1. The molecular weight excluding hydrogens is 948 g/mol. The molecule has 5 N–H and O–H groups in total. The standard InChI is InChI=1S/C28H29N7O.C23H18ClN5O.C5H12N2.CH4/c1-34-14-16-35(17-15-34)20-21-7-9-22(10-8-21)27(36)31-24-5-2-6-25(18-24)32-28-30-13-11-26(33-28)23-4-3-12-29-19-23;24-14-16-6-8-17(9-7-16)22(30)27-19-4-1-5-20(13-19)28-23-26-12-10-21(29-23)18-3-2-11-25-15-18;1-7-4-2-6-3-5-7;/h2-13,18-19H,14-17,20H2,1H3,(H,31,36)(H,30,32,33);1-13,15H,14H2,(H,27,30)(H,26,28,29);6H,2-5H2,1H3;1H4. The Balaban J connectivity index is 0.000000191. The molecule has 16 nitrogen and oxygen atoms in total. The van der Waals surface area contributed by atoms with Crippen LogP contribution in [-0.4, -0.2) is 123 Å². The third kappa shape index (κ3) is 16.5. The Morgan fingerprint density at radius 1 is 0.541 bits per heavy atom. The lowest BCUT2D eigenvalue weighted by molar-refractivity contribution is 0.101. The molecule has 2 aliphatic heterocycles. The molecule has 2 aliphatic rings. The summed E-state index contributed by atoms with van der Waals surface area (Å²) in [4.78, 5) is 58.4. The summed E-state index contributed by atoms with van der Waals surface area (Å²) in [6.45, 7) is 9.98. The Kier molecular flexibility index (Phi) is 20.2. The zero-order chi connectivity index (χ0) is 50.6. The SMILES string of the molecule is C.CN1CCN(Cc2ccc(C(=O)Nc3cccc(Nc4nccc(-c5cccnc5)n4)c3)cc2)CC1.CN1CCNCC1.O=C(Nc1cccc(Nc2nccc(-c3cccnc3)n2)c1)c1ccc(CCl)cc1. The van der Waals surface area contributed by atoms with E-state index in [1.54, 1.807) is 49.3 Å². The number of piperazine rings is 2. The lowest BCUT2D eigenvalue weighted by Crippen LogP contribution is -2.43. The molecule has 2 saturated heterocycles. The number of carbonyl (C=O) groups excluding carboxylic acids is 2. The van der Waals surface area contributed by atoms with Crippen LogP contribution in [0.15, 0.2) is 171 Å². The number of aromatic nitrogens is 6. The molecule has 0 aliphatic carbocycles. The number of benzene rings is 4. The minimum absolute atomic E-state index is 0. The first-order valence-corrected chi connectivity index (χ1v) is 24.6. The molecule has 0 spiro atoms. The summed E-state index contributed by atoms with van der Waals surface area (Å²) in [5.41, 5.74) is 9.63. The van der Waals surface area contributed by atoms with E-state index in [-0.39, 0.29) is 19.2 Å². The van der Waals surface area contributed by atoms with E-state index in [1.165, 1.54) is 18.7 Å². The van der Waals surface area contributed by atoms with Crippen molar-refractivity contribution >= 4 is 58.1 Å². The van der Waals surface area contributed by atoms with Crippen molar-refractivity contribution in [3.8, 4) is 22.5 Å². The molecule has 4 aromatic carbocycles. The van der Waals surface area contributed by atoms with Crippen LogP contribution in [0.1, 0.15) is 39.3 Å². The summed E-state index contributed by atoms with van der Waals surface area (Å²) in [6, 6.07) is 41.2. The second kappa shape index (κ2) is 27.7. The Labute approximate surface area is 438 Å². The van der Waals surface area contributed by atoms with Crippen molar-refractivity contribution in [2.45, 2.75) is 19.9 Å². The van der Waals surface area contributed by atoms with E-state index in [4.69, 9.17) is 11.6 Å². The van der Waals surface area contributed by atoms with Crippen LogP contribution >= 0.6 is 11.6 Å². The van der Waals surface area contributed by atoms with Gasteiger partial charge in [-0.25, -0.2) is 19.9 Å². The van der Waals surface area contributed by atoms with Crippen molar-refractivity contribution in [3.63, 3.8) is 0 Å². The van der Waals surface area contributed by atoms with Gasteiger partial charge in [0.15, 0.2) is 0 Å². The van der Waals surface area contributed by atoms with Crippen molar-refractivity contribution in [3.05, 3.63) is 193 Å². The monoisotopic (exact) mass is 1010 g/mol. The predicted molar refractivity (Wildman–Crippen MR) is 298 cm³/mol. The lowest BCUT2D eigenvalue weighted by atomic mass is 10.1. The van der Waals surface area contributed by atoms with Crippen LogP contribution in [0.25, 0.3) is 22.5 Å². The molecule has 380 valence electrons. The summed E-state index contributed by atoms with van der Waals surface area (Å²) in [5, 5.41) is 15.5. The number of hydrogen-bond acceptors (Lipinski definition) is 14. The van der Waals surface area contributed by atoms with E-state index >= 15 is 0 Å². The van der Waals surface area contributed by atoms with Crippen molar-refractivity contribution < 1.29 is 9.59 Å². The van der Waals surface area contributed by atoms with Crippen molar-refractivity contribution in [1.29, 1.82) is 0 Å². The van der Waals surface area contributed by atoms with E-state index in [9.17, 15) is 9.59 Å². The maximum absolute atomic E-state index is 12.8. The molecule has 0 bridgehead atoms. The molecule has 2 fully saturated rings. The van der Waals surface area contributed by atoms with E-state index in [0.29, 0.717) is 40.3 Å². The number of amides is 2. The highest BCUT2D eigenvalue weighted by atomic mass is 35.5. The quantitative estimate of drug-likeness (QED) is 0.0689.